The van der Waals surface area contributed by atoms with Crippen molar-refractivity contribution < 1.29 is 9.53 Å². The molecule has 1 heterocycles. The van der Waals surface area contributed by atoms with Crippen LogP contribution in [0.2, 0.25) is 0 Å². The number of ether oxygens (including phenoxy) is 1. The van der Waals surface area contributed by atoms with Gasteiger partial charge >= 0.3 is 6.03 Å². The molecule has 0 bridgehead atoms. The van der Waals surface area contributed by atoms with E-state index in [1.807, 2.05) is 37.3 Å². The second-order valence-corrected chi connectivity index (χ2v) is 5.00. The largest absolute Gasteiger partial charge is 0.496 e. The second kappa shape index (κ2) is 8.02. The van der Waals surface area contributed by atoms with E-state index >= 15 is 0 Å². The highest BCUT2D eigenvalue weighted by molar-refractivity contribution is 5.73. The summed E-state index contributed by atoms with van der Waals surface area (Å²) in [5, 5.41) is 5.62. The number of rotatable bonds is 6. The van der Waals surface area contributed by atoms with Gasteiger partial charge in [-0.15, -0.1) is 0 Å². The molecule has 0 spiro atoms. The zero-order valence-corrected chi connectivity index (χ0v) is 12.9. The number of methoxy groups -OCH3 is 1. The van der Waals surface area contributed by atoms with Crippen LogP contribution in [0.4, 0.5) is 4.79 Å². The number of hydrogen-bond acceptors (Lipinski definition) is 3. The molecule has 1 aromatic carbocycles. The van der Waals surface area contributed by atoms with Crippen molar-refractivity contribution in [2.75, 3.05) is 13.7 Å². The van der Waals surface area contributed by atoms with E-state index in [2.05, 4.69) is 21.7 Å². The molecular formula is C17H21N3O2. The Labute approximate surface area is 130 Å². The third-order valence-corrected chi connectivity index (χ3v) is 3.27. The molecule has 2 amide bonds. The molecule has 2 aromatic rings. The summed E-state index contributed by atoms with van der Waals surface area (Å²) in [7, 11) is 1.65. The zero-order chi connectivity index (χ0) is 15.8. The number of amides is 2. The van der Waals surface area contributed by atoms with Gasteiger partial charge in [-0.1, -0.05) is 23.8 Å². The number of carbonyl (C=O) groups excluding carboxylic acids is 1. The number of carbonyl (C=O) groups is 1. The molecule has 22 heavy (non-hydrogen) atoms. The molecule has 1 aromatic heterocycles. The third kappa shape index (κ3) is 4.77. The Hall–Kier alpha value is -2.56. The smallest absolute Gasteiger partial charge is 0.315 e. The molecule has 0 fully saturated rings. The number of pyridine rings is 1. The second-order valence-electron chi connectivity index (χ2n) is 5.00. The van der Waals surface area contributed by atoms with Crippen LogP contribution in [-0.4, -0.2) is 24.7 Å². The fourth-order valence-electron chi connectivity index (χ4n) is 2.15. The van der Waals surface area contributed by atoms with Gasteiger partial charge in [-0.3, -0.25) is 4.98 Å². The standard InChI is InChI=1S/C17H21N3O2/c1-13-6-7-16(22-2)14(11-13)8-10-19-17(21)20-12-15-5-3-4-9-18-15/h3-7,9,11H,8,10,12H2,1-2H3,(H2,19,20,21). The van der Waals surface area contributed by atoms with Gasteiger partial charge in [0.25, 0.3) is 0 Å². The van der Waals surface area contributed by atoms with E-state index in [0.29, 0.717) is 13.1 Å². The summed E-state index contributed by atoms with van der Waals surface area (Å²) in [6, 6.07) is 11.5. The minimum absolute atomic E-state index is 0.197. The quantitative estimate of drug-likeness (QED) is 0.861. The molecule has 2 N–H and O–H groups in total. The van der Waals surface area contributed by atoms with E-state index in [4.69, 9.17) is 4.74 Å². The van der Waals surface area contributed by atoms with Crippen LogP contribution in [0.5, 0.6) is 5.75 Å². The molecule has 2 rings (SSSR count). The van der Waals surface area contributed by atoms with Crippen LogP contribution < -0.4 is 15.4 Å². The molecule has 0 unspecified atom stereocenters. The van der Waals surface area contributed by atoms with Gasteiger partial charge in [-0.2, -0.15) is 0 Å². The van der Waals surface area contributed by atoms with Crippen LogP contribution in [-0.2, 0) is 13.0 Å². The topological polar surface area (TPSA) is 63.2 Å². The van der Waals surface area contributed by atoms with Gasteiger partial charge in [0.2, 0.25) is 0 Å². The van der Waals surface area contributed by atoms with Crippen molar-refractivity contribution in [3.8, 4) is 5.75 Å². The van der Waals surface area contributed by atoms with Gasteiger partial charge < -0.3 is 15.4 Å². The van der Waals surface area contributed by atoms with Crippen LogP contribution in [0.3, 0.4) is 0 Å². The number of nitrogens with zero attached hydrogens (tertiary/aromatic N) is 1. The Morgan fingerprint density at radius 1 is 1.23 bits per heavy atom. The lowest BCUT2D eigenvalue weighted by Gasteiger charge is -2.11. The zero-order valence-electron chi connectivity index (χ0n) is 12.9. The summed E-state index contributed by atoms with van der Waals surface area (Å²) < 4.78 is 5.33. The van der Waals surface area contributed by atoms with E-state index in [-0.39, 0.29) is 6.03 Å². The van der Waals surface area contributed by atoms with Crippen LogP contribution in [0.15, 0.2) is 42.6 Å². The summed E-state index contributed by atoms with van der Waals surface area (Å²) >= 11 is 0. The average Bonchev–Trinajstić information content (AvgIpc) is 2.54. The summed E-state index contributed by atoms with van der Waals surface area (Å²) in [4.78, 5) is 15.9. The first-order valence-corrected chi connectivity index (χ1v) is 7.24. The van der Waals surface area contributed by atoms with Crippen molar-refractivity contribution in [2.45, 2.75) is 19.9 Å². The maximum absolute atomic E-state index is 11.7. The molecule has 116 valence electrons. The van der Waals surface area contributed by atoms with Crippen molar-refractivity contribution in [3.05, 3.63) is 59.4 Å². The molecule has 0 atom stereocenters. The average molecular weight is 299 g/mol. The Kier molecular flexibility index (Phi) is 5.77. The van der Waals surface area contributed by atoms with E-state index in [1.165, 1.54) is 5.56 Å². The number of aromatic nitrogens is 1. The normalized spacial score (nSPS) is 10.1. The number of benzene rings is 1. The molecule has 0 aliphatic heterocycles. The Morgan fingerprint density at radius 2 is 2.09 bits per heavy atom. The van der Waals surface area contributed by atoms with Gasteiger partial charge in [0, 0.05) is 12.7 Å². The highest BCUT2D eigenvalue weighted by Gasteiger charge is 2.05. The molecule has 0 aliphatic rings. The predicted octanol–water partition coefficient (Wildman–Crippen LogP) is 2.44. The summed E-state index contributed by atoms with van der Waals surface area (Å²) in [6.45, 7) is 3.00. The number of urea groups is 1. The van der Waals surface area contributed by atoms with Crippen molar-refractivity contribution in [3.63, 3.8) is 0 Å². The van der Waals surface area contributed by atoms with Crippen molar-refractivity contribution in [1.82, 2.24) is 15.6 Å². The molecule has 0 saturated carbocycles. The van der Waals surface area contributed by atoms with Crippen LogP contribution in [0.1, 0.15) is 16.8 Å². The molecule has 0 saturated heterocycles. The fourth-order valence-corrected chi connectivity index (χ4v) is 2.15. The highest BCUT2D eigenvalue weighted by atomic mass is 16.5. The monoisotopic (exact) mass is 299 g/mol. The first-order valence-electron chi connectivity index (χ1n) is 7.24. The molecule has 5 heteroatoms. The Morgan fingerprint density at radius 3 is 2.82 bits per heavy atom. The van der Waals surface area contributed by atoms with Crippen LogP contribution in [0, 0.1) is 6.92 Å². The van der Waals surface area contributed by atoms with Crippen molar-refractivity contribution in [2.24, 2.45) is 0 Å². The van der Waals surface area contributed by atoms with Crippen molar-refractivity contribution >= 4 is 6.03 Å². The van der Waals surface area contributed by atoms with E-state index < -0.39 is 0 Å². The Bertz CT molecular complexity index is 615. The van der Waals surface area contributed by atoms with E-state index in [9.17, 15) is 4.79 Å². The van der Waals surface area contributed by atoms with Crippen molar-refractivity contribution in [1.29, 1.82) is 0 Å². The maximum atomic E-state index is 11.7. The fraction of sp³-hybridized carbons (Fsp3) is 0.294. The molecule has 0 aliphatic carbocycles. The Balaban J connectivity index is 1.76. The number of nitrogens with one attached hydrogen (secondary N) is 2. The lowest BCUT2D eigenvalue weighted by molar-refractivity contribution is 0.240. The first kappa shape index (κ1) is 15.8. The van der Waals surface area contributed by atoms with E-state index in [1.54, 1.807) is 13.3 Å². The predicted molar refractivity (Wildman–Crippen MR) is 85.9 cm³/mol. The number of hydrogen-bond donors (Lipinski definition) is 2. The molecular weight excluding hydrogens is 278 g/mol. The third-order valence-electron chi connectivity index (χ3n) is 3.27. The summed E-state index contributed by atoms with van der Waals surface area (Å²) in [5.74, 6) is 0.848. The lowest BCUT2D eigenvalue weighted by Crippen LogP contribution is -2.36. The van der Waals surface area contributed by atoms with Gasteiger partial charge in [-0.25, -0.2) is 4.79 Å². The summed E-state index contributed by atoms with van der Waals surface area (Å²) in [5.41, 5.74) is 3.10. The van der Waals surface area contributed by atoms with Gasteiger partial charge in [0.15, 0.2) is 0 Å². The van der Waals surface area contributed by atoms with Gasteiger partial charge in [-0.05, 0) is 37.1 Å². The highest BCUT2D eigenvalue weighted by Crippen LogP contribution is 2.19. The minimum atomic E-state index is -0.197. The van der Waals surface area contributed by atoms with Crippen LogP contribution >= 0.6 is 0 Å². The number of aryl methyl sites for hydroxylation is 1. The van der Waals surface area contributed by atoms with Gasteiger partial charge in [0.1, 0.15) is 5.75 Å². The van der Waals surface area contributed by atoms with Crippen LogP contribution in [0.25, 0.3) is 0 Å². The van der Waals surface area contributed by atoms with E-state index in [0.717, 1.165) is 23.4 Å². The minimum Gasteiger partial charge on any atom is -0.496 e. The van der Waals surface area contributed by atoms with Gasteiger partial charge in [0.05, 0.1) is 19.3 Å². The SMILES string of the molecule is COc1ccc(C)cc1CCNC(=O)NCc1ccccn1. The molecule has 5 nitrogen and oxygen atoms in total. The first-order chi connectivity index (χ1) is 10.7. The lowest BCUT2D eigenvalue weighted by atomic mass is 10.1. The maximum Gasteiger partial charge on any atom is 0.315 e. The molecule has 0 radical (unpaired) electrons. The summed E-state index contributed by atoms with van der Waals surface area (Å²) in [6.07, 6.45) is 2.43.